The maximum Gasteiger partial charge on any atom is 0.373 e. The zero-order chi connectivity index (χ0) is 14.8. The van der Waals surface area contributed by atoms with Gasteiger partial charge in [-0.3, -0.25) is 9.78 Å². The second-order valence-electron chi connectivity index (χ2n) is 4.36. The highest BCUT2D eigenvalue weighted by Gasteiger charge is 2.19. The first-order valence-corrected chi connectivity index (χ1v) is 6.27. The maximum absolute atomic E-state index is 12.5. The van der Waals surface area contributed by atoms with Crippen LogP contribution in [0, 0.1) is 0 Å². The molecule has 2 heterocycles. The highest BCUT2D eigenvalue weighted by Crippen LogP contribution is 2.21. The lowest BCUT2D eigenvalue weighted by molar-refractivity contribution is 0.0563. The van der Waals surface area contributed by atoms with Gasteiger partial charge in [0.2, 0.25) is 11.5 Å². The van der Waals surface area contributed by atoms with E-state index in [4.69, 9.17) is 4.42 Å². The van der Waals surface area contributed by atoms with Crippen LogP contribution < -0.4 is 0 Å². The number of carbonyl (C=O) groups is 2. The molecule has 0 aliphatic heterocycles. The number of hydrogen-bond donors (Lipinski definition) is 0. The standard InChI is InChI=1S/C16H11NO4/c1-20-16(19)14-7-6-13(21-14)15(18)11-8-9-17-12-5-3-2-4-10(11)12/h2-9H,1H3. The largest absolute Gasteiger partial charge is 0.463 e. The highest BCUT2D eigenvalue weighted by atomic mass is 16.5. The number of rotatable bonds is 3. The molecule has 5 heteroatoms. The first-order chi connectivity index (χ1) is 10.2. The van der Waals surface area contributed by atoms with Crippen molar-refractivity contribution in [1.29, 1.82) is 0 Å². The molecule has 0 saturated heterocycles. The van der Waals surface area contributed by atoms with Gasteiger partial charge < -0.3 is 9.15 Å². The number of nitrogens with zero attached hydrogens (tertiary/aromatic N) is 1. The zero-order valence-electron chi connectivity index (χ0n) is 11.2. The van der Waals surface area contributed by atoms with E-state index >= 15 is 0 Å². The number of benzene rings is 1. The van der Waals surface area contributed by atoms with Crippen LogP contribution in [0.3, 0.4) is 0 Å². The number of aromatic nitrogens is 1. The lowest BCUT2D eigenvalue weighted by Gasteiger charge is -2.03. The molecule has 0 N–H and O–H groups in total. The van der Waals surface area contributed by atoms with Crippen LogP contribution in [0.2, 0.25) is 0 Å². The van der Waals surface area contributed by atoms with Gasteiger partial charge >= 0.3 is 5.97 Å². The first kappa shape index (κ1) is 13.1. The molecule has 5 nitrogen and oxygen atoms in total. The SMILES string of the molecule is COC(=O)c1ccc(C(=O)c2ccnc3ccccc23)o1. The number of para-hydroxylation sites is 1. The van der Waals surface area contributed by atoms with Gasteiger partial charge in [-0.15, -0.1) is 0 Å². The summed E-state index contributed by atoms with van der Waals surface area (Å²) < 4.78 is 9.81. The monoisotopic (exact) mass is 281 g/mol. The molecule has 0 unspecified atom stereocenters. The van der Waals surface area contributed by atoms with Crippen LogP contribution in [0.5, 0.6) is 0 Å². The predicted molar refractivity (Wildman–Crippen MR) is 75.2 cm³/mol. The Morgan fingerprint density at radius 3 is 2.62 bits per heavy atom. The van der Waals surface area contributed by atoms with Crippen molar-refractivity contribution in [3.63, 3.8) is 0 Å². The number of esters is 1. The van der Waals surface area contributed by atoms with Crippen molar-refractivity contribution in [1.82, 2.24) is 4.98 Å². The molecule has 0 aliphatic rings. The Labute approximate surface area is 120 Å². The molecule has 3 aromatic rings. The normalized spacial score (nSPS) is 10.5. The molecule has 0 bridgehead atoms. The topological polar surface area (TPSA) is 69.4 Å². The van der Waals surface area contributed by atoms with Crippen LogP contribution >= 0.6 is 0 Å². The third kappa shape index (κ3) is 2.29. The Bertz CT molecular complexity index is 830. The minimum atomic E-state index is -0.617. The lowest BCUT2D eigenvalue weighted by atomic mass is 10.0. The fraction of sp³-hybridized carbons (Fsp3) is 0.0625. The quantitative estimate of drug-likeness (QED) is 0.545. The number of ketones is 1. The van der Waals surface area contributed by atoms with Crippen LogP contribution in [0.4, 0.5) is 0 Å². The van der Waals surface area contributed by atoms with E-state index in [1.165, 1.54) is 19.2 Å². The summed E-state index contributed by atoms with van der Waals surface area (Å²) >= 11 is 0. The molecule has 1 aromatic carbocycles. The molecule has 0 fully saturated rings. The van der Waals surface area contributed by atoms with Gasteiger partial charge in [0.1, 0.15) is 0 Å². The fourth-order valence-electron chi connectivity index (χ4n) is 2.10. The van der Waals surface area contributed by atoms with Crippen molar-refractivity contribution >= 4 is 22.7 Å². The lowest BCUT2D eigenvalue weighted by Crippen LogP contribution is -2.02. The number of fused-ring (bicyclic) bond motifs is 1. The fourth-order valence-corrected chi connectivity index (χ4v) is 2.10. The average molecular weight is 281 g/mol. The Morgan fingerprint density at radius 2 is 1.81 bits per heavy atom. The minimum Gasteiger partial charge on any atom is -0.463 e. The summed E-state index contributed by atoms with van der Waals surface area (Å²) in [4.78, 5) is 28.1. The van der Waals surface area contributed by atoms with Crippen LogP contribution in [0.15, 0.2) is 53.1 Å². The molecule has 2 aromatic heterocycles. The third-order valence-corrected chi connectivity index (χ3v) is 3.11. The average Bonchev–Trinajstić information content (AvgIpc) is 3.03. The van der Waals surface area contributed by atoms with Gasteiger partial charge in [-0.25, -0.2) is 4.79 Å². The molecular weight excluding hydrogens is 270 g/mol. The first-order valence-electron chi connectivity index (χ1n) is 6.27. The Balaban J connectivity index is 2.05. The summed E-state index contributed by atoms with van der Waals surface area (Å²) in [5, 5.41) is 0.737. The summed E-state index contributed by atoms with van der Waals surface area (Å²) in [5.74, 6) is -0.830. The molecule has 3 rings (SSSR count). The van der Waals surface area contributed by atoms with E-state index in [1.54, 1.807) is 12.3 Å². The summed E-state index contributed by atoms with van der Waals surface area (Å²) in [7, 11) is 1.25. The zero-order valence-corrected chi connectivity index (χ0v) is 11.2. The molecule has 104 valence electrons. The number of hydrogen-bond acceptors (Lipinski definition) is 5. The summed E-state index contributed by atoms with van der Waals surface area (Å²) in [6, 6.07) is 11.8. The van der Waals surface area contributed by atoms with Crippen molar-refractivity contribution < 1.29 is 18.7 Å². The van der Waals surface area contributed by atoms with Gasteiger partial charge in [0, 0.05) is 17.1 Å². The Kier molecular flexibility index (Phi) is 3.23. The molecule has 0 aliphatic carbocycles. The van der Waals surface area contributed by atoms with E-state index in [0.717, 1.165) is 10.9 Å². The van der Waals surface area contributed by atoms with Gasteiger partial charge in [-0.1, -0.05) is 18.2 Å². The van der Waals surface area contributed by atoms with Crippen LogP contribution in [-0.4, -0.2) is 23.8 Å². The summed E-state index contributed by atoms with van der Waals surface area (Å²) in [6.45, 7) is 0. The van der Waals surface area contributed by atoms with Crippen molar-refractivity contribution in [3.8, 4) is 0 Å². The van der Waals surface area contributed by atoms with E-state index in [1.807, 2.05) is 24.3 Å². The van der Waals surface area contributed by atoms with Crippen molar-refractivity contribution in [2.45, 2.75) is 0 Å². The van der Waals surface area contributed by atoms with Crippen molar-refractivity contribution in [2.75, 3.05) is 7.11 Å². The number of pyridine rings is 1. The number of methoxy groups -OCH3 is 1. The third-order valence-electron chi connectivity index (χ3n) is 3.11. The molecule has 0 spiro atoms. The second kappa shape index (κ2) is 5.20. The van der Waals surface area contributed by atoms with Gasteiger partial charge in [0.25, 0.3) is 0 Å². The van der Waals surface area contributed by atoms with Gasteiger partial charge in [0.15, 0.2) is 5.76 Å². The Hall–Kier alpha value is -2.95. The molecule has 21 heavy (non-hydrogen) atoms. The minimum absolute atomic E-state index is 0.000730. The molecule has 0 amide bonds. The number of furan rings is 1. The second-order valence-corrected chi connectivity index (χ2v) is 4.36. The number of ether oxygens (including phenoxy) is 1. The summed E-state index contributed by atoms with van der Waals surface area (Å²) in [5.41, 5.74) is 1.20. The van der Waals surface area contributed by atoms with Crippen molar-refractivity contribution in [2.24, 2.45) is 0 Å². The van der Waals surface area contributed by atoms with Crippen molar-refractivity contribution in [3.05, 3.63) is 65.7 Å². The van der Waals surface area contributed by atoms with Crippen LogP contribution in [0.1, 0.15) is 26.7 Å². The van der Waals surface area contributed by atoms with E-state index in [2.05, 4.69) is 9.72 Å². The Morgan fingerprint density at radius 1 is 1.05 bits per heavy atom. The predicted octanol–water partition coefficient (Wildman–Crippen LogP) is 2.85. The smallest absolute Gasteiger partial charge is 0.373 e. The highest BCUT2D eigenvalue weighted by molar-refractivity contribution is 6.14. The van der Waals surface area contributed by atoms with Gasteiger partial charge in [-0.05, 0) is 24.3 Å². The molecular formula is C16H11NO4. The van der Waals surface area contributed by atoms with Gasteiger partial charge in [-0.2, -0.15) is 0 Å². The van der Waals surface area contributed by atoms with Crippen LogP contribution in [0.25, 0.3) is 10.9 Å². The van der Waals surface area contributed by atoms with E-state index in [9.17, 15) is 9.59 Å². The van der Waals surface area contributed by atoms with Crippen LogP contribution in [-0.2, 0) is 4.74 Å². The van der Waals surface area contributed by atoms with E-state index in [0.29, 0.717) is 5.56 Å². The maximum atomic E-state index is 12.5. The summed E-state index contributed by atoms with van der Waals surface area (Å²) in [6.07, 6.45) is 1.57. The molecule has 0 atom stereocenters. The van der Waals surface area contributed by atoms with Gasteiger partial charge in [0.05, 0.1) is 12.6 Å². The molecule has 0 radical (unpaired) electrons. The molecule has 0 saturated carbocycles. The number of carbonyl (C=O) groups excluding carboxylic acids is 2. The van der Waals surface area contributed by atoms with E-state index in [-0.39, 0.29) is 17.3 Å². The van der Waals surface area contributed by atoms with E-state index < -0.39 is 5.97 Å².